The summed E-state index contributed by atoms with van der Waals surface area (Å²) in [7, 11) is 4.00. The van der Waals surface area contributed by atoms with Gasteiger partial charge in [0.25, 0.3) is 0 Å². The van der Waals surface area contributed by atoms with Gasteiger partial charge in [-0.25, -0.2) is 4.98 Å². The lowest BCUT2D eigenvalue weighted by Gasteiger charge is -2.26. The molecule has 0 saturated carbocycles. The van der Waals surface area contributed by atoms with Crippen LogP contribution in [0.15, 0.2) is 6.08 Å². The van der Waals surface area contributed by atoms with E-state index in [0.29, 0.717) is 0 Å². The average molecular weight is 286 g/mol. The minimum atomic E-state index is 0.809. The average Bonchev–Trinajstić information content (AvgIpc) is 2.72. The van der Waals surface area contributed by atoms with E-state index in [1.165, 1.54) is 12.0 Å². The minimum Gasteiger partial charge on any atom is -0.354 e. The fourth-order valence-corrected chi connectivity index (χ4v) is 3.29. The highest BCUT2D eigenvalue weighted by atomic mass is 35.5. The molecule has 0 saturated heterocycles. The van der Waals surface area contributed by atoms with E-state index < -0.39 is 0 Å². The number of aromatic nitrogens is 1. The smallest absolute Gasteiger partial charge is 0.186 e. The maximum absolute atomic E-state index is 6.32. The van der Waals surface area contributed by atoms with Crippen molar-refractivity contribution in [2.24, 2.45) is 0 Å². The van der Waals surface area contributed by atoms with Gasteiger partial charge in [-0.2, -0.15) is 0 Å². The summed E-state index contributed by atoms with van der Waals surface area (Å²) in [6.45, 7) is 5.50. The lowest BCUT2D eigenvalue weighted by molar-refractivity contribution is 0.305. The maximum atomic E-state index is 6.32. The fourth-order valence-electron chi connectivity index (χ4n) is 2.16. The Morgan fingerprint density at radius 1 is 1.50 bits per heavy atom. The molecular weight excluding hydrogens is 266 g/mol. The summed E-state index contributed by atoms with van der Waals surface area (Å²) in [6, 6.07) is 0. The van der Waals surface area contributed by atoms with Gasteiger partial charge in [0.1, 0.15) is 4.34 Å². The number of rotatable bonds is 4. The van der Waals surface area contributed by atoms with Crippen LogP contribution in [-0.2, 0) is 0 Å². The van der Waals surface area contributed by atoms with E-state index in [1.54, 1.807) is 11.3 Å². The molecule has 0 aliphatic carbocycles. The summed E-state index contributed by atoms with van der Waals surface area (Å²) < 4.78 is 0.809. The Kier molecular flexibility index (Phi) is 4.65. The summed E-state index contributed by atoms with van der Waals surface area (Å²) in [6.07, 6.45) is 4.58. The zero-order chi connectivity index (χ0) is 13.1. The minimum absolute atomic E-state index is 0.809. The van der Waals surface area contributed by atoms with E-state index in [0.717, 1.165) is 41.2 Å². The highest BCUT2D eigenvalue weighted by molar-refractivity contribution is 7.19. The molecule has 0 aromatic carbocycles. The van der Waals surface area contributed by atoms with Crippen LogP contribution in [0.2, 0.25) is 4.34 Å². The zero-order valence-corrected chi connectivity index (χ0v) is 12.8. The molecule has 0 amide bonds. The first-order valence-electron chi connectivity index (χ1n) is 6.37. The van der Waals surface area contributed by atoms with Crippen molar-refractivity contribution < 1.29 is 0 Å². The van der Waals surface area contributed by atoms with E-state index >= 15 is 0 Å². The van der Waals surface area contributed by atoms with Gasteiger partial charge in [0, 0.05) is 27.2 Å². The largest absolute Gasteiger partial charge is 0.354 e. The molecule has 0 fully saturated rings. The Balaban J connectivity index is 2.18. The number of hydrogen-bond acceptors (Lipinski definition) is 4. The fraction of sp³-hybridized carbons (Fsp3) is 0.615. The van der Waals surface area contributed by atoms with Crippen molar-refractivity contribution in [2.45, 2.75) is 19.8 Å². The molecule has 1 aliphatic rings. The second-order valence-electron chi connectivity index (χ2n) is 4.81. The number of thiazole rings is 1. The zero-order valence-electron chi connectivity index (χ0n) is 11.2. The van der Waals surface area contributed by atoms with Crippen molar-refractivity contribution in [2.75, 3.05) is 38.6 Å². The van der Waals surface area contributed by atoms with Crippen molar-refractivity contribution in [1.29, 1.82) is 0 Å². The third-order valence-corrected chi connectivity index (χ3v) is 4.45. The van der Waals surface area contributed by atoms with E-state index in [-0.39, 0.29) is 0 Å². The molecule has 0 N–H and O–H groups in total. The number of nitrogens with zero attached hydrogens (tertiary/aromatic N) is 3. The van der Waals surface area contributed by atoms with Crippen LogP contribution in [-0.4, -0.2) is 43.6 Å². The topological polar surface area (TPSA) is 19.4 Å². The highest BCUT2D eigenvalue weighted by Crippen LogP contribution is 2.35. The lowest BCUT2D eigenvalue weighted by atomic mass is 10.1. The van der Waals surface area contributed by atoms with E-state index in [2.05, 4.69) is 22.9 Å². The Morgan fingerprint density at radius 3 is 2.89 bits per heavy atom. The molecular formula is C13H20ClN3S. The van der Waals surface area contributed by atoms with E-state index in [9.17, 15) is 0 Å². The van der Waals surface area contributed by atoms with Crippen molar-refractivity contribution >= 4 is 33.6 Å². The predicted octanol–water partition coefficient (Wildman–Crippen LogP) is 3.36. The summed E-state index contributed by atoms with van der Waals surface area (Å²) in [5.41, 5.74) is 2.26. The maximum Gasteiger partial charge on any atom is 0.186 e. The normalized spacial score (nSPS) is 16.8. The molecule has 1 aromatic rings. The molecule has 0 bridgehead atoms. The number of halogens is 1. The second kappa shape index (κ2) is 6.04. The van der Waals surface area contributed by atoms with Gasteiger partial charge in [-0.3, -0.25) is 4.90 Å². The summed E-state index contributed by atoms with van der Waals surface area (Å²) in [5, 5.41) is 0.975. The van der Waals surface area contributed by atoms with Crippen molar-refractivity contribution in [1.82, 2.24) is 9.88 Å². The number of anilines is 1. The van der Waals surface area contributed by atoms with Crippen molar-refractivity contribution in [3.63, 3.8) is 0 Å². The summed E-state index contributed by atoms with van der Waals surface area (Å²) in [4.78, 5) is 9.12. The molecule has 2 rings (SSSR count). The van der Waals surface area contributed by atoms with Gasteiger partial charge >= 0.3 is 0 Å². The lowest BCUT2D eigenvalue weighted by Crippen LogP contribution is -2.30. The molecule has 5 heteroatoms. The third kappa shape index (κ3) is 3.05. The van der Waals surface area contributed by atoms with Crippen molar-refractivity contribution in [3.8, 4) is 0 Å². The second-order valence-corrected chi connectivity index (χ2v) is 6.39. The molecule has 0 radical (unpaired) electrons. The first kappa shape index (κ1) is 13.8. The monoisotopic (exact) mass is 285 g/mol. The quantitative estimate of drug-likeness (QED) is 0.846. The van der Waals surface area contributed by atoms with Gasteiger partial charge in [-0.05, 0) is 25.0 Å². The molecule has 18 heavy (non-hydrogen) atoms. The van der Waals surface area contributed by atoms with Crippen LogP contribution in [0.3, 0.4) is 0 Å². The van der Waals surface area contributed by atoms with Gasteiger partial charge < -0.3 is 4.90 Å². The van der Waals surface area contributed by atoms with Gasteiger partial charge in [-0.15, -0.1) is 0 Å². The first-order chi connectivity index (χ1) is 8.61. The molecule has 0 atom stereocenters. The SMILES string of the molecule is CCCN1CCC=C(c2nc(N(C)C)sc2Cl)C1. The Hall–Kier alpha value is -0.580. The Bertz CT molecular complexity index is 439. The van der Waals surface area contributed by atoms with Gasteiger partial charge in [0.15, 0.2) is 5.13 Å². The van der Waals surface area contributed by atoms with E-state index in [4.69, 9.17) is 11.6 Å². The standard InChI is InChI=1S/C13H20ClN3S/c1-4-7-17-8-5-6-10(9-17)11-12(14)18-13(15-11)16(2)3/h6H,4-5,7-9H2,1-3H3. The summed E-state index contributed by atoms with van der Waals surface area (Å²) in [5.74, 6) is 0. The first-order valence-corrected chi connectivity index (χ1v) is 7.56. The Labute approximate surface area is 118 Å². The van der Waals surface area contributed by atoms with Crippen LogP contribution >= 0.6 is 22.9 Å². The van der Waals surface area contributed by atoms with Gasteiger partial charge in [0.2, 0.25) is 0 Å². The number of hydrogen-bond donors (Lipinski definition) is 0. The van der Waals surface area contributed by atoms with Crippen LogP contribution < -0.4 is 4.90 Å². The molecule has 0 spiro atoms. The van der Waals surface area contributed by atoms with Crippen LogP contribution in [0.5, 0.6) is 0 Å². The van der Waals surface area contributed by atoms with Crippen LogP contribution in [0, 0.1) is 0 Å². The highest BCUT2D eigenvalue weighted by Gasteiger charge is 2.19. The Morgan fingerprint density at radius 2 is 2.28 bits per heavy atom. The third-order valence-electron chi connectivity index (χ3n) is 3.03. The van der Waals surface area contributed by atoms with Gasteiger partial charge in [-0.1, -0.05) is 35.9 Å². The van der Waals surface area contributed by atoms with Crippen LogP contribution in [0.4, 0.5) is 5.13 Å². The molecule has 0 unspecified atom stereocenters. The predicted molar refractivity (Wildman–Crippen MR) is 80.8 cm³/mol. The molecule has 1 aliphatic heterocycles. The molecule has 1 aromatic heterocycles. The summed E-state index contributed by atoms with van der Waals surface area (Å²) >= 11 is 7.87. The van der Waals surface area contributed by atoms with Gasteiger partial charge in [0.05, 0.1) is 5.69 Å². The van der Waals surface area contributed by atoms with Crippen molar-refractivity contribution in [3.05, 3.63) is 16.1 Å². The molecule has 2 heterocycles. The molecule has 3 nitrogen and oxygen atoms in total. The molecule has 100 valence electrons. The van der Waals surface area contributed by atoms with Crippen LogP contribution in [0.25, 0.3) is 5.57 Å². The van der Waals surface area contributed by atoms with Crippen LogP contribution in [0.1, 0.15) is 25.5 Å². The van der Waals surface area contributed by atoms with E-state index in [1.807, 2.05) is 19.0 Å².